The SMILES string of the molecule is CS(=O)(=O)N(CC(=O)O)Cc1ccc(Cn2cccn2)cc1OCCc1ccc2ccccc2c1. The van der Waals surface area contributed by atoms with E-state index in [0.29, 0.717) is 30.9 Å². The summed E-state index contributed by atoms with van der Waals surface area (Å²) in [6.07, 6.45) is 5.22. The van der Waals surface area contributed by atoms with Gasteiger partial charge in [-0.15, -0.1) is 0 Å². The molecule has 0 bridgehead atoms. The molecule has 0 aliphatic heterocycles. The van der Waals surface area contributed by atoms with Gasteiger partial charge in [-0.05, 0) is 34.0 Å². The lowest BCUT2D eigenvalue weighted by Crippen LogP contribution is -2.34. The van der Waals surface area contributed by atoms with Crippen LogP contribution in [0.3, 0.4) is 0 Å². The van der Waals surface area contributed by atoms with Gasteiger partial charge in [0.1, 0.15) is 12.3 Å². The Morgan fingerprint density at radius 1 is 1.03 bits per heavy atom. The zero-order valence-corrected chi connectivity index (χ0v) is 20.2. The van der Waals surface area contributed by atoms with Crippen LogP contribution in [-0.4, -0.2) is 53.0 Å². The van der Waals surface area contributed by atoms with Crippen LogP contribution in [0.15, 0.2) is 79.1 Å². The second kappa shape index (κ2) is 10.7. The third kappa shape index (κ3) is 6.68. The fraction of sp³-hybridized carbons (Fsp3) is 0.231. The van der Waals surface area contributed by atoms with Crippen molar-refractivity contribution in [3.05, 3.63) is 95.8 Å². The van der Waals surface area contributed by atoms with E-state index >= 15 is 0 Å². The Bertz CT molecular complexity index is 1420. The second-order valence-corrected chi connectivity index (χ2v) is 10.3. The van der Waals surface area contributed by atoms with Gasteiger partial charge in [-0.3, -0.25) is 9.48 Å². The summed E-state index contributed by atoms with van der Waals surface area (Å²) in [5.74, 6) is -0.695. The Kier molecular flexibility index (Phi) is 7.48. The van der Waals surface area contributed by atoms with E-state index in [-0.39, 0.29) is 6.54 Å². The van der Waals surface area contributed by atoms with Crippen LogP contribution in [0, 0.1) is 0 Å². The lowest BCUT2D eigenvalue weighted by Gasteiger charge is -2.20. The first-order valence-electron chi connectivity index (χ1n) is 11.1. The van der Waals surface area contributed by atoms with Crippen molar-refractivity contribution in [1.29, 1.82) is 0 Å². The average Bonchev–Trinajstić information content (AvgIpc) is 3.32. The van der Waals surface area contributed by atoms with E-state index in [1.165, 1.54) is 5.39 Å². The molecule has 4 aromatic rings. The molecule has 0 unspecified atom stereocenters. The highest BCUT2D eigenvalue weighted by molar-refractivity contribution is 7.88. The highest BCUT2D eigenvalue weighted by Crippen LogP contribution is 2.25. The molecule has 3 aromatic carbocycles. The van der Waals surface area contributed by atoms with Crippen LogP contribution in [-0.2, 0) is 34.3 Å². The lowest BCUT2D eigenvalue weighted by molar-refractivity contribution is -0.137. The molecule has 4 rings (SSSR count). The highest BCUT2D eigenvalue weighted by atomic mass is 32.2. The molecule has 1 N–H and O–H groups in total. The van der Waals surface area contributed by atoms with Crippen LogP contribution in [0.4, 0.5) is 0 Å². The predicted molar refractivity (Wildman–Crippen MR) is 134 cm³/mol. The minimum absolute atomic E-state index is 0.0987. The fourth-order valence-electron chi connectivity index (χ4n) is 3.85. The number of aromatic nitrogens is 2. The maximum absolute atomic E-state index is 12.2. The van der Waals surface area contributed by atoms with Crippen molar-refractivity contribution in [3.8, 4) is 5.75 Å². The molecule has 1 heterocycles. The first kappa shape index (κ1) is 24.4. The van der Waals surface area contributed by atoms with Crippen molar-refractivity contribution >= 4 is 26.8 Å². The van der Waals surface area contributed by atoms with Crippen molar-refractivity contribution in [3.63, 3.8) is 0 Å². The van der Waals surface area contributed by atoms with E-state index in [1.807, 2.05) is 36.5 Å². The topological polar surface area (TPSA) is 102 Å². The molecule has 0 aliphatic carbocycles. The van der Waals surface area contributed by atoms with E-state index in [0.717, 1.165) is 27.1 Å². The predicted octanol–water partition coefficient (Wildman–Crippen LogP) is 3.55. The molecule has 1 aromatic heterocycles. The monoisotopic (exact) mass is 493 g/mol. The molecule has 0 spiro atoms. The third-order valence-electron chi connectivity index (χ3n) is 5.62. The van der Waals surface area contributed by atoms with Gasteiger partial charge < -0.3 is 9.84 Å². The Hall–Kier alpha value is -3.69. The van der Waals surface area contributed by atoms with Crippen molar-refractivity contribution in [2.45, 2.75) is 19.5 Å². The molecule has 0 aliphatic rings. The van der Waals surface area contributed by atoms with Crippen molar-refractivity contribution in [2.24, 2.45) is 0 Å². The second-order valence-electron chi connectivity index (χ2n) is 8.35. The van der Waals surface area contributed by atoms with Crippen LogP contribution in [0.2, 0.25) is 0 Å². The largest absolute Gasteiger partial charge is 0.493 e. The first-order valence-corrected chi connectivity index (χ1v) is 13.0. The molecule has 35 heavy (non-hydrogen) atoms. The summed E-state index contributed by atoms with van der Waals surface area (Å²) in [7, 11) is -3.73. The Morgan fingerprint density at radius 2 is 1.80 bits per heavy atom. The Balaban J connectivity index is 1.55. The zero-order valence-electron chi connectivity index (χ0n) is 19.4. The number of ether oxygens (including phenoxy) is 1. The van der Waals surface area contributed by atoms with Crippen LogP contribution in [0.25, 0.3) is 10.8 Å². The molecule has 0 radical (unpaired) electrons. The number of carbonyl (C=O) groups is 1. The fourth-order valence-corrected chi connectivity index (χ4v) is 4.57. The number of fused-ring (bicyclic) bond motifs is 1. The summed E-state index contributed by atoms with van der Waals surface area (Å²) in [5.41, 5.74) is 2.66. The minimum atomic E-state index is -3.73. The summed E-state index contributed by atoms with van der Waals surface area (Å²) >= 11 is 0. The summed E-state index contributed by atoms with van der Waals surface area (Å²) in [4.78, 5) is 11.2. The minimum Gasteiger partial charge on any atom is -0.493 e. The molecular formula is C26H27N3O5S. The van der Waals surface area contributed by atoms with Gasteiger partial charge in [0.15, 0.2) is 0 Å². The van der Waals surface area contributed by atoms with Crippen LogP contribution in [0.1, 0.15) is 16.7 Å². The van der Waals surface area contributed by atoms with Gasteiger partial charge >= 0.3 is 5.97 Å². The lowest BCUT2D eigenvalue weighted by atomic mass is 10.1. The summed E-state index contributed by atoms with van der Waals surface area (Å²) in [6.45, 7) is 0.191. The number of nitrogens with zero attached hydrogens (tertiary/aromatic N) is 3. The summed E-state index contributed by atoms with van der Waals surface area (Å²) < 4.78 is 33.2. The smallest absolute Gasteiger partial charge is 0.318 e. The van der Waals surface area contributed by atoms with E-state index in [2.05, 4.69) is 35.4 Å². The quantitative estimate of drug-likeness (QED) is 0.343. The van der Waals surface area contributed by atoms with Gasteiger partial charge in [-0.2, -0.15) is 9.40 Å². The van der Waals surface area contributed by atoms with Crippen LogP contribution < -0.4 is 4.74 Å². The molecule has 0 amide bonds. The van der Waals surface area contributed by atoms with Gasteiger partial charge in [0, 0.05) is 30.9 Å². The maximum Gasteiger partial charge on any atom is 0.318 e. The zero-order chi connectivity index (χ0) is 24.8. The van der Waals surface area contributed by atoms with Gasteiger partial charge in [0.2, 0.25) is 10.0 Å². The molecule has 0 atom stereocenters. The van der Waals surface area contributed by atoms with Gasteiger partial charge in [-0.25, -0.2) is 8.42 Å². The Morgan fingerprint density at radius 3 is 2.51 bits per heavy atom. The van der Waals surface area contributed by atoms with Crippen molar-refractivity contribution < 1.29 is 23.1 Å². The van der Waals surface area contributed by atoms with Crippen LogP contribution in [0.5, 0.6) is 5.75 Å². The van der Waals surface area contributed by atoms with Gasteiger partial charge in [-0.1, -0.05) is 54.6 Å². The third-order valence-corrected chi connectivity index (χ3v) is 6.82. The first-order chi connectivity index (χ1) is 16.8. The number of carboxylic acid groups (broad SMARTS) is 1. The molecule has 8 nitrogen and oxygen atoms in total. The van der Waals surface area contributed by atoms with Gasteiger partial charge in [0.25, 0.3) is 0 Å². The standard InChI is InChI=1S/C26H27N3O5S/c1-35(32,33)29(19-26(30)31)18-24-10-8-21(17-28-13-4-12-27-28)16-25(24)34-14-11-20-7-9-22-5-2-3-6-23(22)15-20/h2-10,12-13,15-16H,11,14,17-19H2,1H3,(H,30,31). The number of rotatable bonds is 11. The van der Waals surface area contributed by atoms with Gasteiger partial charge in [0.05, 0.1) is 19.4 Å². The van der Waals surface area contributed by atoms with Crippen molar-refractivity contribution in [2.75, 3.05) is 19.4 Å². The summed E-state index contributed by atoms with van der Waals surface area (Å²) in [6, 6.07) is 21.8. The van der Waals surface area contributed by atoms with Crippen LogP contribution >= 0.6 is 0 Å². The van der Waals surface area contributed by atoms with E-state index in [4.69, 9.17) is 4.74 Å². The molecule has 0 fully saturated rings. The maximum atomic E-state index is 12.2. The number of carboxylic acids is 1. The number of aliphatic carboxylic acids is 1. The summed E-state index contributed by atoms with van der Waals surface area (Å²) in [5, 5.41) is 15.7. The number of benzene rings is 3. The molecule has 182 valence electrons. The number of hydrogen-bond acceptors (Lipinski definition) is 5. The van der Waals surface area contributed by atoms with E-state index in [1.54, 1.807) is 16.9 Å². The Labute approximate surface area is 204 Å². The normalized spacial score (nSPS) is 11.7. The van der Waals surface area contributed by atoms with E-state index in [9.17, 15) is 18.3 Å². The molecule has 9 heteroatoms. The molecule has 0 saturated heterocycles. The highest BCUT2D eigenvalue weighted by Gasteiger charge is 2.22. The average molecular weight is 494 g/mol. The molecular weight excluding hydrogens is 466 g/mol. The van der Waals surface area contributed by atoms with Crippen molar-refractivity contribution in [1.82, 2.24) is 14.1 Å². The number of hydrogen-bond donors (Lipinski definition) is 1. The van der Waals surface area contributed by atoms with E-state index < -0.39 is 22.5 Å². The number of sulfonamides is 1. The molecule has 0 saturated carbocycles.